The molecule has 1 heterocycles. The van der Waals surface area contributed by atoms with Gasteiger partial charge in [0.15, 0.2) is 0 Å². The Kier molecular flexibility index (Phi) is 3.53. The Labute approximate surface area is 98.4 Å². The smallest absolute Gasteiger partial charge is 0.224 e. The van der Waals surface area contributed by atoms with Crippen LogP contribution in [0.4, 0.5) is 0 Å². The molecule has 92 valence electrons. The summed E-state index contributed by atoms with van der Waals surface area (Å²) in [7, 11) is 0. The third kappa shape index (κ3) is 2.76. The van der Waals surface area contributed by atoms with Gasteiger partial charge >= 0.3 is 0 Å². The summed E-state index contributed by atoms with van der Waals surface area (Å²) >= 11 is 0. The summed E-state index contributed by atoms with van der Waals surface area (Å²) < 4.78 is 0. The summed E-state index contributed by atoms with van der Waals surface area (Å²) in [6.45, 7) is 6.37. The topological polar surface area (TPSA) is 41.1 Å². The molecule has 1 saturated heterocycles. The molecule has 0 radical (unpaired) electrons. The molecule has 0 aromatic carbocycles. The molecule has 0 bridgehead atoms. The lowest BCUT2D eigenvalue weighted by Crippen LogP contribution is -2.50. The Morgan fingerprint density at radius 1 is 1.31 bits per heavy atom. The Bertz CT molecular complexity index is 251. The van der Waals surface area contributed by atoms with Gasteiger partial charge in [-0.15, -0.1) is 0 Å². The normalized spacial score (nSPS) is 39.6. The van der Waals surface area contributed by atoms with Crippen molar-refractivity contribution in [2.24, 2.45) is 11.8 Å². The maximum Gasteiger partial charge on any atom is 0.224 e. The van der Waals surface area contributed by atoms with Gasteiger partial charge in [-0.3, -0.25) is 4.79 Å². The predicted molar refractivity (Wildman–Crippen MR) is 65.2 cm³/mol. The second kappa shape index (κ2) is 4.74. The first-order chi connectivity index (χ1) is 7.59. The number of carbonyl (C=O) groups is 1. The van der Waals surface area contributed by atoms with E-state index in [1.165, 1.54) is 12.8 Å². The van der Waals surface area contributed by atoms with Gasteiger partial charge in [0, 0.05) is 12.1 Å². The fourth-order valence-corrected chi connectivity index (χ4v) is 2.80. The molecule has 2 aliphatic rings. The molecule has 1 aliphatic heterocycles. The first-order valence-corrected chi connectivity index (χ1v) is 6.62. The van der Waals surface area contributed by atoms with Crippen LogP contribution in [0.3, 0.4) is 0 Å². The second-order valence-corrected chi connectivity index (χ2v) is 5.92. The van der Waals surface area contributed by atoms with Crippen molar-refractivity contribution in [3.05, 3.63) is 0 Å². The lowest BCUT2D eigenvalue weighted by atomic mass is 9.78. The Balaban J connectivity index is 1.85. The number of carbonyl (C=O) groups excluding carboxylic acids is 1. The molecule has 2 fully saturated rings. The number of amides is 1. The molecule has 3 heteroatoms. The quantitative estimate of drug-likeness (QED) is 0.749. The highest BCUT2D eigenvalue weighted by atomic mass is 16.2. The van der Waals surface area contributed by atoms with Crippen LogP contribution in [-0.2, 0) is 4.79 Å². The lowest BCUT2D eigenvalue weighted by molar-refractivity contribution is -0.126. The highest BCUT2D eigenvalue weighted by Crippen LogP contribution is 2.31. The molecule has 0 spiro atoms. The van der Waals surface area contributed by atoms with Gasteiger partial charge in [0.2, 0.25) is 5.91 Å². The fourth-order valence-electron chi connectivity index (χ4n) is 2.80. The van der Waals surface area contributed by atoms with E-state index in [9.17, 15) is 4.79 Å². The van der Waals surface area contributed by atoms with Crippen LogP contribution in [-0.4, -0.2) is 24.5 Å². The molecule has 3 nitrogen and oxygen atoms in total. The van der Waals surface area contributed by atoms with Crippen molar-refractivity contribution in [1.29, 1.82) is 0 Å². The highest BCUT2D eigenvalue weighted by molar-refractivity contribution is 5.80. The van der Waals surface area contributed by atoms with Crippen LogP contribution in [0, 0.1) is 11.8 Å². The van der Waals surface area contributed by atoms with Crippen molar-refractivity contribution in [2.45, 2.75) is 51.5 Å². The third-order valence-corrected chi connectivity index (χ3v) is 4.23. The molecule has 1 amide bonds. The van der Waals surface area contributed by atoms with Gasteiger partial charge in [-0.1, -0.05) is 6.92 Å². The van der Waals surface area contributed by atoms with Crippen LogP contribution < -0.4 is 10.6 Å². The average Bonchev–Trinajstić information content (AvgIpc) is 2.76. The number of rotatable bonds is 2. The predicted octanol–water partition coefficient (Wildman–Crippen LogP) is 1.68. The lowest BCUT2D eigenvalue weighted by Gasteiger charge is -2.37. The summed E-state index contributed by atoms with van der Waals surface area (Å²) in [6.07, 6.45) is 5.78. The first-order valence-electron chi connectivity index (χ1n) is 6.62. The molecule has 1 unspecified atom stereocenters. The van der Waals surface area contributed by atoms with Crippen LogP contribution in [0.2, 0.25) is 0 Å². The molecule has 1 aliphatic carbocycles. The van der Waals surface area contributed by atoms with Gasteiger partial charge in [0.25, 0.3) is 0 Å². The maximum absolute atomic E-state index is 12.0. The number of hydrogen-bond donors (Lipinski definition) is 2. The highest BCUT2D eigenvalue weighted by Gasteiger charge is 2.33. The Hall–Kier alpha value is -0.570. The van der Waals surface area contributed by atoms with E-state index in [1.54, 1.807) is 0 Å². The van der Waals surface area contributed by atoms with E-state index in [2.05, 4.69) is 24.5 Å². The van der Waals surface area contributed by atoms with Gasteiger partial charge < -0.3 is 10.6 Å². The summed E-state index contributed by atoms with van der Waals surface area (Å²) in [4.78, 5) is 12.0. The van der Waals surface area contributed by atoms with Crippen LogP contribution >= 0.6 is 0 Å². The van der Waals surface area contributed by atoms with Gasteiger partial charge in [-0.05, 0) is 51.5 Å². The van der Waals surface area contributed by atoms with Crippen LogP contribution in [0.15, 0.2) is 0 Å². The maximum atomic E-state index is 12.0. The van der Waals surface area contributed by atoms with Crippen molar-refractivity contribution in [3.63, 3.8) is 0 Å². The van der Waals surface area contributed by atoms with Crippen LogP contribution in [0.5, 0.6) is 0 Å². The van der Waals surface area contributed by atoms with Gasteiger partial charge in [0.1, 0.15) is 0 Å². The molecule has 0 aromatic rings. The zero-order chi connectivity index (χ0) is 11.6. The first kappa shape index (κ1) is 11.9. The molecule has 2 rings (SSSR count). The SMILES string of the molecule is CC1CCC(C)(NC(=O)C2CCNC2)CC1. The van der Waals surface area contributed by atoms with Gasteiger partial charge in [0.05, 0.1) is 5.92 Å². The number of nitrogens with one attached hydrogen (secondary N) is 2. The van der Waals surface area contributed by atoms with Crippen molar-refractivity contribution >= 4 is 5.91 Å². The summed E-state index contributed by atoms with van der Waals surface area (Å²) in [5, 5.41) is 6.53. The van der Waals surface area contributed by atoms with Crippen molar-refractivity contribution in [2.75, 3.05) is 13.1 Å². The van der Waals surface area contributed by atoms with Gasteiger partial charge in [-0.2, -0.15) is 0 Å². The summed E-state index contributed by atoms with van der Waals surface area (Å²) in [6, 6.07) is 0. The van der Waals surface area contributed by atoms with Gasteiger partial charge in [-0.25, -0.2) is 0 Å². The van der Waals surface area contributed by atoms with Crippen LogP contribution in [0.25, 0.3) is 0 Å². The second-order valence-electron chi connectivity index (χ2n) is 5.92. The fraction of sp³-hybridized carbons (Fsp3) is 0.923. The van der Waals surface area contributed by atoms with E-state index < -0.39 is 0 Å². The van der Waals surface area contributed by atoms with Crippen molar-refractivity contribution < 1.29 is 4.79 Å². The third-order valence-electron chi connectivity index (χ3n) is 4.23. The molecule has 1 saturated carbocycles. The Morgan fingerprint density at radius 2 is 2.00 bits per heavy atom. The largest absolute Gasteiger partial charge is 0.351 e. The van der Waals surface area contributed by atoms with E-state index in [1.807, 2.05) is 0 Å². The summed E-state index contributed by atoms with van der Waals surface area (Å²) in [5.74, 6) is 1.30. The van der Waals surface area contributed by atoms with Crippen molar-refractivity contribution in [3.8, 4) is 0 Å². The van der Waals surface area contributed by atoms with E-state index in [0.29, 0.717) is 0 Å². The van der Waals surface area contributed by atoms with E-state index in [-0.39, 0.29) is 17.4 Å². The minimum Gasteiger partial charge on any atom is -0.351 e. The van der Waals surface area contributed by atoms with E-state index >= 15 is 0 Å². The monoisotopic (exact) mass is 224 g/mol. The van der Waals surface area contributed by atoms with Crippen LogP contribution in [0.1, 0.15) is 46.0 Å². The minimum absolute atomic E-state index is 0.0617. The zero-order valence-electron chi connectivity index (χ0n) is 10.5. The molecular weight excluding hydrogens is 200 g/mol. The standard InChI is InChI=1S/C13H24N2O/c1-10-3-6-13(2,7-4-10)15-12(16)11-5-8-14-9-11/h10-11,14H,3-9H2,1-2H3,(H,15,16). The summed E-state index contributed by atoms with van der Waals surface area (Å²) in [5.41, 5.74) is 0.0617. The minimum atomic E-state index is 0.0617. The molecule has 2 N–H and O–H groups in total. The molecule has 16 heavy (non-hydrogen) atoms. The Morgan fingerprint density at radius 3 is 2.56 bits per heavy atom. The number of hydrogen-bond acceptors (Lipinski definition) is 2. The molecule has 0 aromatic heterocycles. The van der Waals surface area contributed by atoms with E-state index in [4.69, 9.17) is 0 Å². The van der Waals surface area contributed by atoms with E-state index in [0.717, 1.165) is 38.3 Å². The molecular formula is C13H24N2O. The average molecular weight is 224 g/mol. The molecule has 1 atom stereocenters. The van der Waals surface area contributed by atoms with Crippen molar-refractivity contribution in [1.82, 2.24) is 10.6 Å². The zero-order valence-corrected chi connectivity index (χ0v) is 10.5.